The number of hydrogen-bond acceptors (Lipinski definition) is 5. The van der Waals surface area contributed by atoms with Crippen molar-refractivity contribution in [3.63, 3.8) is 0 Å². The molecule has 1 aliphatic heterocycles. The molecule has 1 N–H and O–H groups in total. The highest BCUT2D eigenvalue weighted by molar-refractivity contribution is 5.85. The fourth-order valence-corrected chi connectivity index (χ4v) is 2.87. The lowest BCUT2D eigenvalue weighted by Gasteiger charge is -2.13. The van der Waals surface area contributed by atoms with E-state index in [9.17, 15) is 4.79 Å². The van der Waals surface area contributed by atoms with E-state index < -0.39 is 6.10 Å². The Hall–Kier alpha value is -3.80. The van der Waals surface area contributed by atoms with E-state index in [0.29, 0.717) is 17.2 Å². The average molecular weight is 388 g/mol. The first-order chi connectivity index (χ1) is 14.2. The molecule has 6 nitrogen and oxygen atoms in total. The molecule has 0 radical (unpaired) electrons. The third kappa shape index (κ3) is 4.55. The van der Waals surface area contributed by atoms with Gasteiger partial charge in [-0.1, -0.05) is 42.5 Å². The van der Waals surface area contributed by atoms with Gasteiger partial charge in [-0.2, -0.15) is 5.10 Å². The Morgan fingerprint density at radius 3 is 2.52 bits per heavy atom. The minimum absolute atomic E-state index is 0.216. The largest absolute Gasteiger partial charge is 0.481 e. The second-order valence-corrected chi connectivity index (χ2v) is 6.50. The SMILES string of the molecule is CC(Oc1ccc(-c2ccccc2)cc1)C(=O)NN=Cc1ccc2c(c1)OCO2. The van der Waals surface area contributed by atoms with Crippen LogP contribution < -0.4 is 19.6 Å². The molecule has 0 saturated carbocycles. The van der Waals surface area contributed by atoms with Crippen LogP contribution in [0.25, 0.3) is 11.1 Å². The van der Waals surface area contributed by atoms with Crippen molar-refractivity contribution in [3.05, 3.63) is 78.4 Å². The third-order valence-electron chi connectivity index (χ3n) is 4.43. The van der Waals surface area contributed by atoms with Gasteiger partial charge < -0.3 is 14.2 Å². The number of ether oxygens (including phenoxy) is 3. The van der Waals surface area contributed by atoms with Gasteiger partial charge in [0.05, 0.1) is 6.21 Å². The summed E-state index contributed by atoms with van der Waals surface area (Å²) in [4.78, 5) is 12.2. The van der Waals surface area contributed by atoms with Crippen molar-refractivity contribution in [2.75, 3.05) is 6.79 Å². The number of carbonyl (C=O) groups is 1. The van der Waals surface area contributed by atoms with Gasteiger partial charge in [-0.15, -0.1) is 0 Å². The predicted molar refractivity (Wildman–Crippen MR) is 110 cm³/mol. The van der Waals surface area contributed by atoms with Crippen molar-refractivity contribution in [3.8, 4) is 28.4 Å². The molecule has 1 atom stereocenters. The Morgan fingerprint density at radius 2 is 1.72 bits per heavy atom. The highest BCUT2D eigenvalue weighted by atomic mass is 16.7. The number of hydrogen-bond donors (Lipinski definition) is 1. The summed E-state index contributed by atoms with van der Waals surface area (Å²) in [5.74, 6) is 1.64. The number of fused-ring (bicyclic) bond motifs is 1. The summed E-state index contributed by atoms with van der Waals surface area (Å²) >= 11 is 0. The second kappa shape index (κ2) is 8.48. The van der Waals surface area contributed by atoms with Crippen molar-refractivity contribution < 1.29 is 19.0 Å². The van der Waals surface area contributed by atoms with Crippen LogP contribution in [0.15, 0.2) is 77.9 Å². The Labute approximate surface area is 168 Å². The van der Waals surface area contributed by atoms with Crippen molar-refractivity contribution in [2.24, 2.45) is 5.10 Å². The molecule has 0 spiro atoms. The van der Waals surface area contributed by atoms with Crippen molar-refractivity contribution in [1.82, 2.24) is 5.43 Å². The van der Waals surface area contributed by atoms with Crippen LogP contribution in [0.2, 0.25) is 0 Å². The van der Waals surface area contributed by atoms with E-state index in [-0.39, 0.29) is 12.7 Å². The van der Waals surface area contributed by atoms with Gasteiger partial charge in [0.15, 0.2) is 17.6 Å². The maximum Gasteiger partial charge on any atom is 0.280 e. The molecule has 0 bridgehead atoms. The zero-order valence-corrected chi connectivity index (χ0v) is 15.9. The normalized spacial score (nSPS) is 13.3. The smallest absolute Gasteiger partial charge is 0.280 e. The lowest BCUT2D eigenvalue weighted by Crippen LogP contribution is -2.33. The van der Waals surface area contributed by atoms with Crippen molar-refractivity contribution >= 4 is 12.1 Å². The highest BCUT2D eigenvalue weighted by Crippen LogP contribution is 2.32. The number of carbonyl (C=O) groups excluding carboxylic acids is 1. The maximum atomic E-state index is 12.2. The highest BCUT2D eigenvalue weighted by Gasteiger charge is 2.15. The van der Waals surface area contributed by atoms with Crippen molar-refractivity contribution in [1.29, 1.82) is 0 Å². The summed E-state index contributed by atoms with van der Waals surface area (Å²) in [6, 6.07) is 23.1. The number of nitrogens with zero attached hydrogens (tertiary/aromatic N) is 1. The second-order valence-electron chi connectivity index (χ2n) is 6.50. The number of hydrazone groups is 1. The minimum atomic E-state index is -0.688. The van der Waals surface area contributed by atoms with E-state index in [2.05, 4.69) is 10.5 Å². The molecule has 0 saturated heterocycles. The van der Waals surface area contributed by atoms with E-state index in [1.165, 1.54) is 0 Å². The molecule has 0 aromatic heterocycles. The summed E-state index contributed by atoms with van der Waals surface area (Å²) in [5, 5.41) is 3.98. The third-order valence-corrected chi connectivity index (χ3v) is 4.43. The lowest BCUT2D eigenvalue weighted by molar-refractivity contribution is -0.127. The number of amides is 1. The zero-order chi connectivity index (χ0) is 20.1. The molecular formula is C23H20N2O4. The molecule has 146 valence electrons. The molecule has 4 rings (SSSR count). The van der Waals surface area contributed by atoms with Crippen LogP contribution in [-0.2, 0) is 4.79 Å². The molecule has 0 fully saturated rings. The Morgan fingerprint density at radius 1 is 1.00 bits per heavy atom. The molecule has 29 heavy (non-hydrogen) atoms. The van der Waals surface area contributed by atoms with E-state index >= 15 is 0 Å². The first-order valence-electron chi connectivity index (χ1n) is 9.24. The Balaban J connectivity index is 1.31. The van der Waals surface area contributed by atoms with Gasteiger partial charge in [0.2, 0.25) is 6.79 Å². The fraction of sp³-hybridized carbons (Fsp3) is 0.130. The Kier molecular flexibility index (Phi) is 5.42. The quantitative estimate of drug-likeness (QED) is 0.512. The van der Waals surface area contributed by atoms with Crippen LogP contribution in [0, 0.1) is 0 Å². The van der Waals surface area contributed by atoms with Crippen LogP contribution in [-0.4, -0.2) is 25.0 Å². The molecule has 1 aliphatic rings. The minimum Gasteiger partial charge on any atom is -0.481 e. The van der Waals surface area contributed by atoms with Gasteiger partial charge in [0.1, 0.15) is 5.75 Å². The van der Waals surface area contributed by atoms with Gasteiger partial charge in [0.25, 0.3) is 5.91 Å². The van der Waals surface area contributed by atoms with Gasteiger partial charge in [-0.05, 0) is 53.9 Å². The molecule has 0 aliphatic carbocycles. The summed E-state index contributed by atoms with van der Waals surface area (Å²) in [7, 11) is 0. The molecule has 3 aromatic carbocycles. The number of nitrogens with one attached hydrogen (secondary N) is 1. The standard InChI is InChI=1S/C23H20N2O4/c1-16(29-20-10-8-19(9-11-20)18-5-3-2-4-6-18)23(26)25-24-14-17-7-12-21-22(13-17)28-15-27-21/h2-14,16H,15H2,1H3,(H,25,26). The molecule has 1 amide bonds. The zero-order valence-electron chi connectivity index (χ0n) is 15.9. The van der Waals surface area contributed by atoms with E-state index in [4.69, 9.17) is 14.2 Å². The molecular weight excluding hydrogens is 368 g/mol. The van der Waals surface area contributed by atoms with Crippen LogP contribution in [0.5, 0.6) is 17.2 Å². The monoisotopic (exact) mass is 388 g/mol. The summed E-state index contributed by atoms with van der Waals surface area (Å²) in [6.45, 7) is 1.89. The molecule has 1 heterocycles. The first-order valence-corrected chi connectivity index (χ1v) is 9.24. The lowest BCUT2D eigenvalue weighted by atomic mass is 10.1. The van der Waals surface area contributed by atoms with E-state index in [1.807, 2.05) is 60.7 Å². The predicted octanol–water partition coefficient (Wildman–Crippen LogP) is 4.00. The Bertz CT molecular complexity index is 1020. The number of benzene rings is 3. The van der Waals surface area contributed by atoms with E-state index in [1.54, 1.807) is 25.3 Å². The van der Waals surface area contributed by atoms with Crippen LogP contribution in [0.4, 0.5) is 0 Å². The number of rotatable bonds is 6. The van der Waals surface area contributed by atoms with Gasteiger partial charge >= 0.3 is 0 Å². The average Bonchev–Trinajstić information content (AvgIpc) is 3.23. The summed E-state index contributed by atoms with van der Waals surface area (Å²) in [6.07, 6.45) is 0.854. The van der Waals surface area contributed by atoms with Gasteiger partial charge in [-0.25, -0.2) is 5.43 Å². The molecule has 1 unspecified atom stereocenters. The van der Waals surface area contributed by atoms with Crippen LogP contribution in [0.3, 0.4) is 0 Å². The molecule has 6 heteroatoms. The van der Waals surface area contributed by atoms with Gasteiger partial charge in [0, 0.05) is 0 Å². The van der Waals surface area contributed by atoms with E-state index in [0.717, 1.165) is 16.7 Å². The summed E-state index contributed by atoms with van der Waals surface area (Å²) < 4.78 is 16.3. The topological polar surface area (TPSA) is 69.2 Å². The maximum absolute atomic E-state index is 12.2. The fourth-order valence-electron chi connectivity index (χ4n) is 2.87. The van der Waals surface area contributed by atoms with Gasteiger partial charge in [-0.3, -0.25) is 4.79 Å². The van der Waals surface area contributed by atoms with Crippen LogP contribution >= 0.6 is 0 Å². The first kappa shape index (κ1) is 18.6. The molecule has 3 aromatic rings. The van der Waals surface area contributed by atoms with Crippen LogP contribution in [0.1, 0.15) is 12.5 Å². The summed E-state index contributed by atoms with van der Waals surface area (Å²) in [5.41, 5.74) is 5.49. The van der Waals surface area contributed by atoms with Crippen molar-refractivity contribution in [2.45, 2.75) is 13.0 Å².